The molecule has 0 atom stereocenters. The largest absolute Gasteiger partial charge is 0.395 e. The number of carbonyl (C=O) groups is 1. The number of nitrogens with one attached hydrogen (secondary N) is 1. The van der Waals surface area contributed by atoms with E-state index in [2.05, 4.69) is 5.59 Å². The molecule has 0 fully saturated rings. The molecule has 1 aliphatic rings. The Kier molecular flexibility index (Phi) is 2.08. The second-order valence-electron chi connectivity index (χ2n) is 2.75. The zero-order chi connectivity index (χ0) is 9.97. The van der Waals surface area contributed by atoms with E-state index < -0.39 is 5.91 Å². The van der Waals surface area contributed by atoms with Crippen molar-refractivity contribution in [1.82, 2.24) is 5.59 Å². The van der Waals surface area contributed by atoms with Gasteiger partial charge in [0.15, 0.2) is 0 Å². The van der Waals surface area contributed by atoms with Gasteiger partial charge in [-0.1, -0.05) is 17.7 Å². The van der Waals surface area contributed by atoms with Gasteiger partial charge in [0, 0.05) is 0 Å². The molecular weight excluding hydrogens is 182 g/mol. The van der Waals surface area contributed by atoms with Gasteiger partial charge in [0.25, 0.3) is 5.91 Å². The first kappa shape index (κ1) is 8.58. The SMILES string of the molecule is NC(=O)c1ccccc1N1C=CON1. The predicted molar refractivity (Wildman–Crippen MR) is 50.8 cm³/mol. The van der Waals surface area contributed by atoms with E-state index in [4.69, 9.17) is 10.6 Å². The first-order valence-corrected chi connectivity index (χ1v) is 4.05. The zero-order valence-corrected chi connectivity index (χ0v) is 7.31. The number of anilines is 1. The predicted octanol–water partition coefficient (Wildman–Crippen LogP) is 0.513. The summed E-state index contributed by atoms with van der Waals surface area (Å²) >= 11 is 0. The van der Waals surface area contributed by atoms with Crippen molar-refractivity contribution in [3.63, 3.8) is 0 Å². The Morgan fingerprint density at radius 3 is 2.86 bits per heavy atom. The summed E-state index contributed by atoms with van der Waals surface area (Å²) in [6.07, 6.45) is 3.12. The van der Waals surface area contributed by atoms with Crippen LogP contribution >= 0.6 is 0 Å². The van der Waals surface area contributed by atoms with Gasteiger partial charge in [-0.3, -0.25) is 4.79 Å². The molecule has 72 valence electrons. The molecule has 1 aromatic carbocycles. The molecule has 14 heavy (non-hydrogen) atoms. The van der Waals surface area contributed by atoms with Gasteiger partial charge in [0.05, 0.1) is 17.5 Å². The van der Waals surface area contributed by atoms with Crippen LogP contribution in [0.5, 0.6) is 0 Å². The van der Waals surface area contributed by atoms with Crippen molar-refractivity contribution in [3.8, 4) is 0 Å². The summed E-state index contributed by atoms with van der Waals surface area (Å²) in [7, 11) is 0. The van der Waals surface area contributed by atoms with Crippen LogP contribution in [-0.2, 0) is 4.84 Å². The maximum absolute atomic E-state index is 11.1. The highest BCUT2D eigenvalue weighted by atomic mass is 16.7. The topological polar surface area (TPSA) is 67.6 Å². The molecule has 0 saturated heterocycles. The van der Waals surface area contributed by atoms with Crippen molar-refractivity contribution >= 4 is 11.6 Å². The van der Waals surface area contributed by atoms with Gasteiger partial charge in [0.1, 0.15) is 6.26 Å². The van der Waals surface area contributed by atoms with E-state index in [1.165, 1.54) is 6.26 Å². The van der Waals surface area contributed by atoms with Crippen LogP contribution < -0.4 is 16.3 Å². The standard InChI is InChI=1S/C9H9N3O2/c10-9(13)7-3-1-2-4-8(7)12-5-6-14-11-12/h1-6,11H,(H2,10,13). The Morgan fingerprint density at radius 1 is 1.43 bits per heavy atom. The van der Waals surface area contributed by atoms with Crippen molar-refractivity contribution in [2.24, 2.45) is 5.73 Å². The van der Waals surface area contributed by atoms with E-state index in [9.17, 15) is 4.79 Å². The minimum atomic E-state index is -0.470. The molecule has 2 rings (SSSR count). The highest BCUT2D eigenvalue weighted by molar-refractivity contribution is 5.98. The molecule has 5 heteroatoms. The Balaban J connectivity index is 2.40. The molecule has 1 aliphatic heterocycles. The number of nitrogens with two attached hydrogens (primary N) is 1. The third-order valence-corrected chi connectivity index (χ3v) is 1.86. The zero-order valence-electron chi connectivity index (χ0n) is 7.31. The lowest BCUT2D eigenvalue weighted by Crippen LogP contribution is -2.29. The normalized spacial score (nSPS) is 14.1. The van der Waals surface area contributed by atoms with Gasteiger partial charge in [0.2, 0.25) is 0 Å². The van der Waals surface area contributed by atoms with Gasteiger partial charge >= 0.3 is 0 Å². The van der Waals surface area contributed by atoms with Gasteiger partial charge in [-0.05, 0) is 12.1 Å². The van der Waals surface area contributed by atoms with Crippen molar-refractivity contribution in [2.75, 3.05) is 5.01 Å². The molecule has 0 aromatic heterocycles. The van der Waals surface area contributed by atoms with E-state index in [0.29, 0.717) is 11.3 Å². The van der Waals surface area contributed by atoms with Crippen molar-refractivity contribution in [3.05, 3.63) is 42.3 Å². The summed E-state index contributed by atoms with van der Waals surface area (Å²) in [6.45, 7) is 0. The lowest BCUT2D eigenvalue weighted by Gasteiger charge is -2.16. The van der Waals surface area contributed by atoms with Crippen molar-refractivity contribution < 1.29 is 9.63 Å². The number of para-hydroxylation sites is 1. The molecule has 0 unspecified atom stereocenters. The highest BCUT2D eigenvalue weighted by Crippen LogP contribution is 2.20. The van der Waals surface area contributed by atoms with E-state index in [0.717, 1.165) is 0 Å². The average molecular weight is 191 g/mol. The number of hydrogen-bond acceptors (Lipinski definition) is 4. The summed E-state index contributed by atoms with van der Waals surface area (Å²) in [6, 6.07) is 7.00. The lowest BCUT2D eigenvalue weighted by molar-refractivity contribution is 0.1000. The molecular formula is C9H9N3O2. The molecule has 3 N–H and O–H groups in total. The van der Waals surface area contributed by atoms with E-state index in [1.807, 2.05) is 6.07 Å². The Morgan fingerprint density at radius 2 is 2.21 bits per heavy atom. The molecule has 5 nitrogen and oxygen atoms in total. The van der Waals surface area contributed by atoms with E-state index >= 15 is 0 Å². The molecule has 1 aromatic rings. The third kappa shape index (κ3) is 1.40. The smallest absolute Gasteiger partial charge is 0.250 e. The van der Waals surface area contributed by atoms with Crippen LogP contribution in [0.15, 0.2) is 36.7 Å². The fraction of sp³-hybridized carbons (Fsp3) is 0. The number of nitrogens with zero attached hydrogens (tertiary/aromatic N) is 1. The van der Waals surface area contributed by atoms with Crippen LogP contribution in [0.25, 0.3) is 0 Å². The second-order valence-corrected chi connectivity index (χ2v) is 2.75. The number of primary amides is 1. The maximum atomic E-state index is 11.1. The minimum absolute atomic E-state index is 0.440. The number of hydrazine groups is 1. The number of hydrogen-bond donors (Lipinski definition) is 2. The number of rotatable bonds is 2. The van der Waals surface area contributed by atoms with Gasteiger partial charge in [-0.25, -0.2) is 5.01 Å². The first-order chi connectivity index (χ1) is 6.79. The molecule has 0 spiro atoms. The molecule has 0 aliphatic carbocycles. The first-order valence-electron chi connectivity index (χ1n) is 4.05. The maximum Gasteiger partial charge on any atom is 0.250 e. The van der Waals surface area contributed by atoms with Crippen molar-refractivity contribution in [2.45, 2.75) is 0 Å². The molecule has 0 bridgehead atoms. The second kappa shape index (κ2) is 3.39. The Bertz CT molecular complexity index is 389. The van der Waals surface area contributed by atoms with Crippen LogP contribution in [0.4, 0.5) is 5.69 Å². The van der Waals surface area contributed by atoms with Crippen LogP contribution in [0, 0.1) is 0 Å². The lowest BCUT2D eigenvalue weighted by atomic mass is 10.1. The quantitative estimate of drug-likeness (QED) is 0.714. The molecule has 0 saturated carbocycles. The fourth-order valence-electron chi connectivity index (χ4n) is 1.23. The average Bonchev–Trinajstić information content (AvgIpc) is 2.70. The van der Waals surface area contributed by atoms with Crippen LogP contribution in [0.3, 0.4) is 0 Å². The van der Waals surface area contributed by atoms with Crippen LogP contribution in [0.1, 0.15) is 10.4 Å². The Labute approximate surface area is 80.7 Å². The van der Waals surface area contributed by atoms with E-state index in [1.54, 1.807) is 29.4 Å². The van der Waals surface area contributed by atoms with Crippen molar-refractivity contribution in [1.29, 1.82) is 0 Å². The van der Waals surface area contributed by atoms with Gasteiger partial charge in [-0.15, -0.1) is 0 Å². The molecule has 1 heterocycles. The number of carbonyl (C=O) groups excluding carboxylic acids is 1. The summed E-state index contributed by atoms with van der Waals surface area (Å²) in [5.41, 5.74) is 8.91. The number of benzene rings is 1. The third-order valence-electron chi connectivity index (χ3n) is 1.86. The van der Waals surface area contributed by atoms with Gasteiger partial charge < -0.3 is 10.6 Å². The summed E-state index contributed by atoms with van der Waals surface area (Å²) in [4.78, 5) is 15.9. The van der Waals surface area contributed by atoms with E-state index in [-0.39, 0.29) is 0 Å². The molecule has 1 amide bonds. The number of amides is 1. The summed E-state index contributed by atoms with van der Waals surface area (Å²) in [5.74, 6) is -0.470. The monoisotopic (exact) mass is 191 g/mol. The summed E-state index contributed by atoms with van der Waals surface area (Å²) in [5, 5.41) is 1.57. The van der Waals surface area contributed by atoms with Gasteiger partial charge in [-0.2, -0.15) is 0 Å². The van der Waals surface area contributed by atoms with Crippen LogP contribution in [-0.4, -0.2) is 5.91 Å². The minimum Gasteiger partial charge on any atom is -0.395 e. The molecule has 0 radical (unpaired) electrons. The fourth-order valence-corrected chi connectivity index (χ4v) is 1.23. The highest BCUT2D eigenvalue weighted by Gasteiger charge is 2.14. The Hall–Kier alpha value is -2.01. The van der Waals surface area contributed by atoms with Crippen LogP contribution in [0.2, 0.25) is 0 Å². The summed E-state index contributed by atoms with van der Waals surface area (Å²) < 4.78 is 0.